The zero-order valence-electron chi connectivity index (χ0n) is 10.9. The van der Waals surface area contributed by atoms with Crippen molar-refractivity contribution in [3.8, 4) is 0 Å². The molecule has 0 aliphatic heterocycles. The highest BCUT2D eigenvalue weighted by atomic mass is 16.1. The molecule has 2 rings (SSSR count). The Kier molecular flexibility index (Phi) is 4.18. The fourth-order valence-electron chi connectivity index (χ4n) is 2.52. The fourth-order valence-corrected chi connectivity index (χ4v) is 2.52. The van der Waals surface area contributed by atoms with Crippen molar-refractivity contribution in [1.29, 1.82) is 0 Å². The van der Waals surface area contributed by atoms with E-state index < -0.39 is 5.91 Å². The van der Waals surface area contributed by atoms with Crippen molar-refractivity contribution in [2.45, 2.75) is 45.1 Å². The average molecular weight is 247 g/mol. The lowest BCUT2D eigenvalue weighted by atomic mass is 9.97. The molecule has 4 nitrogen and oxygen atoms in total. The van der Waals surface area contributed by atoms with E-state index in [0.717, 1.165) is 5.82 Å². The molecule has 3 N–H and O–H groups in total. The van der Waals surface area contributed by atoms with Crippen LogP contribution in [0.25, 0.3) is 0 Å². The van der Waals surface area contributed by atoms with Gasteiger partial charge in [-0.25, -0.2) is 4.98 Å². The number of nitrogens with zero attached hydrogens (tertiary/aromatic N) is 1. The molecule has 1 heterocycles. The monoisotopic (exact) mass is 247 g/mol. The maximum absolute atomic E-state index is 11.0. The molecule has 0 saturated heterocycles. The summed E-state index contributed by atoms with van der Waals surface area (Å²) in [6.45, 7) is 2.29. The van der Waals surface area contributed by atoms with Gasteiger partial charge in [-0.3, -0.25) is 4.79 Å². The Balaban J connectivity index is 2.01. The number of hydrogen-bond donors (Lipinski definition) is 2. The van der Waals surface area contributed by atoms with Gasteiger partial charge in [0.2, 0.25) is 5.91 Å². The zero-order chi connectivity index (χ0) is 13.0. The standard InChI is InChI=1S/C14H21N3O/c1-10-5-3-2-4-6-12(10)17-13-8-7-11(9-16-13)14(15)18/h7-10,12H,2-6H2,1H3,(H2,15,18)(H,16,17). The number of hydrogen-bond acceptors (Lipinski definition) is 3. The molecule has 1 saturated carbocycles. The molecule has 1 aliphatic rings. The van der Waals surface area contributed by atoms with Gasteiger partial charge < -0.3 is 11.1 Å². The van der Waals surface area contributed by atoms with Gasteiger partial charge in [0.1, 0.15) is 5.82 Å². The van der Waals surface area contributed by atoms with Gasteiger partial charge in [-0.05, 0) is 30.9 Å². The van der Waals surface area contributed by atoms with Crippen LogP contribution in [0, 0.1) is 5.92 Å². The third-order valence-corrected chi connectivity index (χ3v) is 3.74. The molecule has 0 spiro atoms. The summed E-state index contributed by atoms with van der Waals surface area (Å²) in [6, 6.07) is 4.04. The number of nitrogens with one attached hydrogen (secondary N) is 1. The van der Waals surface area contributed by atoms with Gasteiger partial charge in [0.05, 0.1) is 5.56 Å². The zero-order valence-corrected chi connectivity index (χ0v) is 10.9. The molecule has 1 aliphatic carbocycles. The normalized spacial score (nSPS) is 24.3. The van der Waals surface area contributed by atoms with Gasteiger partial charge in [0, 0.05) is 12.2 Å². The maximum atomic E-state index is 11.0. The molecule has 98 valence electrons. The summed E-state index contributed by atoms with van der Waals surface area (Å²) in [5, 5.41) is 3.47. The van der Waals surface area contributed by atoms with Crippen LogP contribution in [0.3, 0.4) is 0 Å². The van der Waals surface area contributed by atoms with Gasteiger partial charge in [-0.15, -0.1) is 0 Å². The molecule has 0 radical (unpaired) electrons. The number of carbonyl (C=O) groups excluding carboxylic acids is 1. The minimum absolute atomic E-state index is 0.433. The third-order valence-electron chi connectivity index (χ3n) is 3.74. The van der Waals surface area contributed by atoms with E-state index in [2.05, 4.69) is 17.2 Å². The van der Waals surface area contributed by atoms with Crippen LogP contribution < -0.4 is 11.1 Å². The number of primary amides is 1. The lowest BCUT2D eigenvalue weighted by Crippen LogP contribution is -2.26. The number of rotatable bonds is 3. The van der Waals surface area contributed by atoms with Crippen LogP contribution in [0.4, 0.5) is 5.82 Å². The number of nitrogens with two attached hydrogens (primary N) is 1. The predicted octanol–water partition coefficient (Wildman–Crippen LogP) is 2.56. The molecule has 18 heavy (non-hydrogen) atoms. The first-order valence-electron chi connectivity index (χ1n) is 6.69. The molecule has 4 heteroatoms. The molecule has 2 unspecified atom stereocenters. The molecule has 0 bridgehead atoms. The second kappa shape index (κ2) is 5.85. The summed E-state index contributed by atoms with van der Waals surface area (Å²) in [5.74, 6) is 1.07. The number of amides is 1. The lowest BCUT2D eigenvalue weighted by Gasteiger charge is -2.23. The highest BCUT2D eigenvalue weighted by molar-refractivity contribution is 5.92. The SMILES string of the molecule is CC1CCCCCC1Nc1ccc(C(N)=O)cn1. The first-order valence-corrected chi connectivity index (χ1v) is 6.69. The first kappa shape index (κ1) is 12.9. The molecular weight excluding hydrogens is 226 g/mol. The Hall–Kier alpha value is -1.58. The summed E-state index contributed by atoms with van der Waals surface area (Å²) >= 11 is 0. The highest BCUT2D eigenvalue weighted by Crippen LogP contribution is 2.25. The molecule has 1 amide bonds. The van der Waals surface area contributed by atoms with E-state index in [-0.39, 0.29) is 0 Å². The van der Waals surface area contributed by atoms with Gasteiger partial charge in [0.25, 0.3) is 0 Å². The van der Waals surface area contributed by atoms with Crippen LogP contribution in [0.2, 0.25) is 0 Å². The van der Waals surface area contributed by atoms with Crippen LogP contribution in [0.15, 0.2) is 18.3 Å². The quantitative estimate of drug-likeness (QED) is 0.807. The molecular formula is C14H21N3O. The van der Waals surface area contributed by atoms with E-state index in [0.29, 0.717) is 17.5 Å². The lowest BCUT2D eigenvalue weighted by molar-refractivity contribution is 0.1000. The Morgan fingerprint density at radius 3 is 2.78 bits per heavy atom. The number of anilines is 1. The van der Waals surface area contributed by atoms with Gasteiger partial charge >= 0.3 is 0 Å². The smallest absolute Gasteiger partial charge is 0.250 e. The molecule has 0 aromatic carbocycles. The van der Waals surface area contributed by atoms with Crippen molar-refractivity contribution < 1.29 is 4.79 Å². The van der Waals surface area contributed by atoms with Gasteiger partial charge in [0.15, 0.2) is 0 Å². The van der Waals surface area contributed by atoms with Crippen molar-refractivity contribution in [3.05, 3.63) is 23.9 Å². The predicted molar refractivity (Wildman–Crippen MR) is 72.4 cm³/mol. The summed E-state index contributed by atoms with van der Waals surface area (Å²) in [4.78, 5) is 15.2. The van der Waals surface area contributed by atoms with E-state index in [1.54, 1.807) is 6.07 Å². The summed E-state index contributed by atoms with van der Waals surface area (Å²) in [7, 11) is 0. The van der Waals surface area contributed by atoms with Gasteiger partial charge in [-0.2, -0.15) is 0 Å². The van der Waals surface area contributed by atoms with E-state index in [9.17, 15) is 4.79 Å². The average Bonchev–Trinajstić information content (AvgIpc) is 2.56. The molecule has 1 aromatic rings. The van der Waals surface area contributed by atoms with Crippen LogP contribution in [-0.4, -0.2) is 16.9 Å². The van der Waals surface area contributed by atoms with Crippen LogP contribution in [-0.2, 0) is 0 Å². The molecule has 2 atom stereocenters. The Morgan fingerprint density at radius 1 is 1.33 bits per heavy atom. The second-order valence-electron chi connectivity index (χ2n) is 5.16. The van der Waals surface area contributed by atoms with Crippen LogP contribution >= 0.6 is 0 Å². The van der Waals surface area contributed by atoms with E-state index in [1.807, 2.05) is 6.07 Å². The second-order valence-corrected chi connectivity index (χ2v) is 5.16. The maximum Gasteiger partial charge on any atom is 0.250 e. The van der Waals surface area contributed by atoms with E-state index in [1.165, 1.54) is 38.3 Å². The van der Waals surface area contributed by atoms with E-state index >= 15 is 0 Å². The first-order chi connectivity index (χ1) is 8.66. The summed E-state index contributed by atoms with van der Waals surface area (Å²) < 4.78 is 0. The van der Waals surface area contributed by atoms with E-state index in [4.69, 9.17) is 5.73 Å². The number of aromatic nitrogens is 1. The third kappa shape index (κ3) is 3.22. The van der Waals surface area contributed by atoms with Crippen molar-refractivity contribution >= 4 is 11.7 Å². The van der Waals surface area contributed by atoms with Crippen molar-refractivity contribution in [2.24, 2.45) is 11.7 Å². The highest BCUT2D eigenvalue weighted by Gasteiger charge is 2.19. The largest absolute Gasteiger partial charge is 0.367 e. The summed E-state index contributed by atoms with van der Waals surface area (Å²) in [5.41, 5.74) is 5.64. The van der Waals surface area contributed by atoms with Crippen molar-refractivity contribution in [3.63, 3.8) is 0 Å². The van der Waals surface area contributed by atoms with Crippen molar-refractivity contribution in [1.82, 2.24) is 4.98 Å². The van der Waals surface area contributed by atoms with Crippen molar-refractivity contribution in [2.75, 3.05) is 5.32 Å². The van der Waals surface area contributed by atoms with Crippen LogP contribution in [0.1, 0.15) is 49.4 Å². The Morgan fingerprint density at radius 2 is 2.11 bits per heavy atom. The Labute approximate surface area is 108 Å². The number of carbonyl (C=O) groups is 1. The Bertz CT molecular complexity index is 402. The number of pyridine rings is 1. The topological polar surface area (TPSA) is 68.0 Å². The molecule has 1 fully saturated rings. The van der Waals surface area contributed by atoms with Crippen LogP contribution in [0.5, 0.6) is 0 Å². The fraction of sp³-hybridized carbons (Fsp3) is 0.571. The van der Waals surface area contributed by atoms with Gasteiger partial charge in [-0.1, -0.05) is 26.2 Å². The minimum Gasteiger partial charge on any atom is -0.367 e. The summed E-state index contributed by atoms with van der Waals surface area (Å²) in [6.07, 6.45) is 7.94. The minimum atomic E-state index is -0.433. The molecule has 1 aromatic heterocycles.